The Morgan fingerprint density at radius 3 is 1.94 bits per heavy atom. The number of ether oxygens (including phenoxy) is 1. The third kappa shape index (κ3) is 4.80. The topological polar surface area (TPSA) is 49.9 Å². The molecule has 4 nitrogen and oxygen atoms in total. The summed E-state index contributed by atoms with van der Waals surface area (Å²) in [5, 5.41) is 3.34. The van der Waals surface area contributed by atoms with Gasteiger partial charge in [0.25, 0.3) is 0 Å². The van der Waals surface area contributed by atoms with Crippen molar-refractivity contribution in [1.82, 2.24) is 9.97 Å². The highest BCUT2D eigenvalue weighted by Gasteiger charge is 2.05. The molecule has 162 valence electrons. The van der Waals surface area contributed by atoms with Crippen molar-refractivity contribution in [1.29, 1.82) is 0 Å². The predicted molar refractivity (Wildman–Crippen MR) is 135 cm³/mol. The van der Waals surface area contributed by atoms with E-state index in [2.05, 4.69) is 94.1 Å². The van der Waals surface area contributed by atoms with E-state index in [1.807, 2.05) is 30.5 Å². The normalized spacial score (nSPS) is 10.7. The number of hydrogen-bond acceptors (Lipinski definition) is 3. The first-order valence-electron chi connectivity index (χ1n) is 11.0. The molecule has 0 saturated carbocycles. The molecular weight excluding hydrogens is 406 g/mol. The molecule has 0 spiro atoms. The Morgan fingerprint density at radius 2 is 1.30 bits per heavy atom. The average molecular weight is 432 g/mol. The third-order valence-corrected chi connectivity index (χ3v) is 5.69. The number of benzene rings is 4. The van der Waals surface area contributed by atoms with Crippen molar-refractivity contribution in [3.05, 3.63) is 115 Å². The molecule has 4 heteroatoms. The van der Waals surface area contributed by atoms with Gasteiger partial charge in [0, 0.05) is 6.54 Å². The van der Waals surface area contributed by atoms with Crippen molar-refractivity contribution in [2.24, 2.45) is 0 Å². The van der Waals surface area contributed by atoms with Crippen molar-refractivity contribution in [3.63, 3.8) is 0 Å². The SMILES string of the molecule is COc1cccc(CNc2ncc(-c3ccc(-c4ccc(-c5ccccc5)cc4)cc3)[nH]2)c1. The van der Waals surface area contributed by atoms with Crippen LogP contribution in [0.1, 0.15) is 5.56 Å². The summed E-state index contributed by atoms with van der Waals surface area (Å²) in [4.78, 5) is 7.83. The van der Waals surface area contributed by atoms with E-state index in [0.29, 0.717) is 6.54 Å². The van der Waals surface area contributed by atoms with Crippen LogP contribution in [0.3, 0.4) is 0 Å². The Hall–Kier alpha value is -4.31. The van der Waals surface area contributed by atoms with Crippen LogP contribution in [0.25, 0.3) is 33.5 Å². The van der Waals surface area contributed by atoms with Gasteiger partial charge < -0.3 is 15.0 Å². The molecule has 0 bridgehead atoms. The third-order valence-electron chi connectivity index (χ3n) is 5.69. The zero-order chi connectivity index (χ0) is 22.5. The number of nitrogens with one attached hydrogen (secondary N) is 2. The fraction of sp³-hybridized carbons (Fsp3) is 0.0690. The molecule has 0 aliphatic carbocycles. The summed E-state index contributed by atoms with van der Waals surface area (Å²) >= 11 is 0. The first kappa shape index (κ1) is 20.6. The number of hydrogen-bond donors (Lipinski definition) is 2. The molecule has 33 heavy (non-hydrogen) atoms. The fourth-order valence-electron chi connectivity index (χ4n) is 3.85. The van der Waals surface area contributed by atoms with Gasteiger partial charge in [-0.2, -0.15) is 0 Å². The Bertz CT molecular complexity index is 1320. The van der Waals surface area contributed by atoms with Crippen LogP contribution in [-0.4, -0.2) is 17.1 Å². The molecule has 0 radical (unpaired) electrons. The lowest BCUT2D eigenvalue weighted by molar-refractivity contribution is 0.414. The summed E-state index contributed by atoms with van der Waals surface area (Å²) in [5.41, 5.74) is 8.06. The molecule has 0 amide bonds. The summed E-state index contributed by atoms with van der Waals surface area (Å²) in [6, 6.07) is 35.7. The van der Waals surface area contributed by atoms with Gasteiger partial charge in [0.1, 0.15) is 5.75 Å². The molecule has 1 aromatic heterocycles. The average Bonchev–Trinajstić information content (AvgIpc) is 3.37. The van der Waals surface area contributed by atoms with E-state index < -0.39 is 0 Å². The zero-order valence-corrected chi connectivity index (χ0v) is 18.5. The summed E-state index contributed by atoms with van der Waals surface area (Å²) in [7, 11) is 1.68. The molecule has 0 atom stereocenters. The van der Waals surface area contributed by atoms with Crippen molar-refractivity contribution in [2.75, 3.05) is 12.4 Å². The van der Waals surface area contributed by atoms with Gasteiger partial charge in [-0.1, -0.05) is 91.0 Å². The minimum Gasteiger partial charge on any atom is -0.497 e. The molecule has 1 heterocycles. The molecule has 5 aromatic rings. The monoisotopic (exact) mass is 431 g/mol. The van der Waals surface area contributed by atoms with E-state index in [-0.39, 0.29) is 0 Å². The van der Waals surface area contributed by atoms with Crippen LogP contribution < -0.4 is 10.1 Å². The highest BCUT2D eigenvalue weighted by Crippen LogP contribution is 2.27. The van der Waals surface area contributed by atoms with E-state index in [1.165, 1.54) is 22.3 Å². The number of nitrogens with zero attached hydrogens (tertiary/aromatic N) is 1. The van der Waals surface area contributed by atoms with Gasteiger partial charge >= 0.3 is 0 Å². The van der Waals surface area contributed by atoms with E-state index in [9.17, 15) is 0 Å². The Morgan fingerprint density at radius 1 is 0.697 bits per heavy atom. The lowest BCUT2D eigenvalue weighted by Crippen LogP contribution is -2.01. The Balaban J connectivity index is 1.25. The Kier molecular flexibility index (Phi) is 5.89. The van der Waals surface area contributed by atoms with Crippen molar-refractivity contribution in [3.8, 4) is 39.3 Å². The number of methoxy groups -OCH3 is 1. The van der Waals surface area contributed by atoms with Gasteiger partial charge in [-0.05, 0) is 45.5 Å². The number of aromatic amines is 1. The van der Waals surface area contributed by atoms with Crippen LogP contribution in [0.2, 0.25) is 0 Å². The highest BCUT2D eigenvalue weighted by atomic mass is 16.5. The number of anilines is 1. The van der Waals surface area contributed by atoms with Crippen LogP contribution in [0.4, 0.5) is 5.95 Å². The van der Waals surface area contributed by atoms with Crippen LogP contribution in [-0.2, 0) is 6.54 Å². The first-order valence-corrected chi connectivity index (χ1v) is 11.0. The molecule has 0 fully saturated rings. The maximum atomic E-state index is 5.29. The number of H-pyrrole nitrogens is 1. The van der Waals surface area contributed by atoms with Crippen molar-refractivity contribution < 1.29 is 4.74 Å². The maximum Gasteiger partial charge on any atom is 0.200 e. The number of rotatable bonds is 7. The standard InChI is InChI=1S/C29H25N3O/c1-33-27-9-5-6-21(18-27)19-30-29-31-20-28(32-29)26-16-14-25(15-17-26)24-12-10-23(11-13-24)22-7-3-2-4-8-22/h2-18,20H,19H2,1H3,(H2,30,31,32). The second kappa shape index (κ2) is 9.45. The van der Waals surface area contributed by atoms with Gasteiger partial charge in [0.15, 0.2) is 0 Å². The highest BCUT2D eigenvalue weighted by molar-refractivity contribution is 5.72. The van der Waals surface area contributed by atoms with Crippen LogP contribution in [0.5, 0.6) is 5.75 Å². The van der Waals surface area contributed by atoms with Gasteiger partial charge in [-0.15, -0.1) is 0 Å². The summed E-state index contributed by atoms with van der Waals surface area (Å²) in [5.74, 6) is 1.60. The lowest BCUT2D eigenvalue weighted by atomic mass is 9.99. The smallest absolute Gasteiger partial charge is 0.200 e. The molecule has 0 aliphatic heterocycles. The summed E-state index contributed by atoms with van der Waals surface area (Å²) < 4.78 is 5.29. The van der Waals surface area contributed by atoms with Gasteiger partial charge in [0.05, 0.1) is 19.0 Å². The quantitative estimate of drug-likeness (QED) is 0.291. The lowest BCUT2D eigenvalue weighted by Gasteiger charge is -2.06. The minimum absolute atomic E-state index is 0.669. The molecule has 0 aliphatic rings. The maximum absolute atomic E-state index is 5.29. The van der Waals surface area contributed by atoms with Gasteiger partial charge in [-0.3, -0.25) is 0 Å². The van der Waals surface area contributed by atoms with E-state index in [4.69, 9.17) is 4.74 Å². The molecule has 4 aromatic carbocycles. The van der Waals surface area contributed by atoms with Crippen LogP contribution in [0, 0.1) is 0 Å². The predicted octanol–water partition coefficient (Wildman–Crippen LogP) is 7.03. The van der Waals surface area contributed by atoms with E-state index in [1.54, 1.807) is 7.11 Å². The second-order valence-corrected chi connectivity index (χ2v) is 7.87. The molecular formula is C29H25N3O. The molecule has 2 N–H and O–H groups in total. The summed E-state index contributed by atoms with van der Waals surface area (Å²) in [6.45, 7) is 0.669. The van der Waals surface area contributed by atoms with Crippen LogP contribution >= 0.6 is 0 Å². The summed E-state index contributed by atoms with van der Waals surface area (Å²) in [6.07, 6.45) is 1.86. The fourth-order valence-corrected chi connectivity index (χ4v) is 3.85. The van der Waals surface area contributed by atoms with Crippen LogP contribution in [0.15, 0.2) is 109 Å². The van der Waals surface area contributed by atoms with E-state index >= 15 is 0 Å². The van der Waals surface area contributed by atoms with E-state index in [0.717, 1.165) is 28.5 Å². The zero-order valence-electron chi connectivity index (χ0n) is 18.5. The largest absolute Gasteiger partial charge is 0.497 e. The molecule has 0 saturated heterocycles. The molecule has 5 rings (SSSR count). The van der Waals surface area contributed by atoms with Crippen molar-refractivity contribution >= 4 is 5.95 Å². The van der Waals surface area contributed by atoms with Gasteiger partial charge in [-0.25, -0.2) is 4.98 Å². The van der Waals surface area contributed by atoms with Gasteiger partial charge in [0.2, 0.25) is 5.95 Å². The number of imidazole rings is 1. The second-order valence-electron chi connectivity index (χ2n) is 7.87. The van der Waals surface area contributed by atoms with Crippen molar-refractivity contribution in [2.45, 2.75) is 6.54 Å². The minimum atomic E-state index is 0.669. The Labute approximate surface area is 193 Å². The molecule has 0 unspecified atom stereocenters. The first-order chi connectivity index (χ1) is 16.3. The number of aromatic nitrogens is 2.